The van der Waals surface area contributed by atoms with Gasteiger partial charge in [0.25, 0.3) is 0 Å². The standard InChI is InChI=1S/C7H10N2O2/c1-2-11-6-9-7(5-10)3-4-8-9/h3-5H,2,6H2,1H3. The molecule has 1 heterocycles. The summed E-state index contributed by atoms with van der Waals surface area (Å²) in [6.07, 6.45) is 2.33. The van der Waals surface area contributed by atoms with Crippen molar-refractivity contribution in [3.63, 3.8) is 0 Å². The molecule has 0 aliphatic carbocycles. The Morgan fingerprint density at radius 2 is 2.64 bits per heavy atom. The summed E-state index contributed by atoms with van der Waals surface area (Å²) >= 11 is 0. The maximum atomic E-state index is 10.3. The third kappa shape index (κ3) is 1.88. The molecule has 0 unspecified atom stereocenters. The van der Waals surface area contributed by atoms with Crippen LogP contribution in [0.15, 0.2) is 12.3 Å². The molecule has 0 saturated carbocycles. The molecular weight excluding hydrogens is 144 g/mol. The van der Waals surface area contributed by atoms with E-state index < -0.39 is 0 Å². The second-order valence-electron chi connectivity index (χ2n) is 2.00. The first-order chi connectivity index (χ1) is 5.38. The van der Waals surface area contributed by atoms with Crippen molar-refractivity contribution in [2.45, 2.75) is 13.7 Å². The van der Waals surface area contributed by atoms with Gasteiger partial charge in [-0.15, -0.1) is 0 Å². The third-order valence-electron chi connectivity index (χ3n) is 1.29. The summed E-state index contributed by atoms with van der Waals surface area (Å²) in [5, 5.41) is 3.88. The van der Waals surface area contributed by atoms with E-state index in [4.69, 9.17) is 4.74 Å². The van der Waals surface area contributed by atoms with Crippen LogP contribution in [0.2, 0.25) is 0 Å². The molecule has 0 aliphatic rings. The van der Waals surface area contributed by atoms with Crippen molar-refractivity contribution in [2.75, 3.05) is 6.61 Å². The van der Waals surface area contributed by atoms with Gasteiger partial charge >= 0.3 is 0 Å². The average Bonchev–Trinajstić information content (AvgIpc) is 2.47. The summed E-state index contributed by atoms with van der Waals surface area (Å²) in [4.78, 5) is 10.3. The molecule has 11 heavy (non-hydrogen) atoms. The Bertz CT molecular complexity index is 232. The molecule has 0 aromatic carbocycles. The van der Waals surface area contributed by atoms with E-state index in [1.165, 1.54) is 4.68 Å². The zero-order chi connectivity index (χ0) is 8.10. The van der Waals surface area contributed by atoms with E-state index in [9.17, 15) is 4.79 Å². The highest BCUT2D eigenvalue weighted by atomic mass is 16.5. The van der Waals surface area contributed by atoms with Crippen LogP contribution < -0.4 is 0 Å². The quantitative estimate of drug-likeness (QED) is 0.599. The van der Waals surface area contributed by atoms with Gasteiger partial charge in [0.15, 0.2) is 6.29 Å². The van der Waals surface area contributed by atoms with Gasteiger partial charge in [0, 0.05) is 12.8 Å². The molecule has 0 bridgehead atoms. The summed E-state index contributed by atoms with van der Waals surface area (Å²) in [6, 6.07) is 1.64. The van der Waals surface area contributed by atoms with E-state index in [1.54, 1.807) is 12.3 Å². The molecule has 0 saturated heterocycles. The van der Waals surface area contributed by atoms with Crippen LogP contribution in [0.5, 0.6) is 0 Å². The molecule has 4 nitrogen and oxygen atoms in total. The summed E-state index contributed by atoms with van der Waals surface area (Å²) in [5.41, 5.74) is 0.540. The first-order valence-corrected chi connectivity index (χ1v) is 3.43. The second-order valence-corrected chi connectivity index (χ2v) is 2.00. The van der Waals surface area contributed by atoms with Crippen LogP contribution in [0, 0.1) is 0 Å². The Hall–Kier alpha value is -1.16. The van der Waals surface area contributed by atoms with E-state index >= 15 is 0 Å². The van der Waals surface area contributed by atoms with Gasteiger partial charge < -0.3 is 4.74 Å². The molecule has 0 spiro atoms. The SMILES string of the molecule is CCOCn1nccc1C=O. The van der Waals surface area contributed by atoms with E-state index in [2.05, 4.69) is 5.10 Å². The Labute approximate surface area is 64.8 Å². The number of ether oxygens (including phenoxy) is 1. The summed E-state index contributed by atoms with van der Waals surface area (Å²) in [5.74, 6) is 0. The fraction of sp³-hybridized carbons (Fsp3) is 0.429. The van der Waals surface area contributed by atoms with Crippen LogP contribution in [0.4, 0.5) is 0 Å². The molecule has 1 aromatic rings. The first kappa shape index (κ1) is 7.94. The average molecular weight is 154 g/mol. The molecule has 60 valence electrons. The van der Waals surface area contributed by atoms with Gasteiger partial charge in [-0.05, 0) is 13.0 Å². The van der Waals surface area contributed by atoms with Gasteiger partial charge in [0.05, 0.1) is 0 Å². The third-order valence-corrected chi connectivity index (χ3v) is 1.29. The Balaban J connectivity index is 2.61. The zero-order valence-corrected chi connectivity index (χ0v) is 6.36. The zero-order valence-electron chi connectivity index (χ0n) is 6.36. The van der Waals surface area contributed by atoms with Crippen LogP contribution >= 0.6 is 0 Å². The Kier molecular flexibility index (Phi) is 2.80. The number of aldehydes is 1. The summed E-state index contributed by atoms with van der Waals surface area (Å²) < 4.78 is 6.57. The number of rotatable bonds is 4. The molecule has 0 amide bonds. The largest absolute Gasteiger partial charge is 0.360 e. The van der Waals surface area contributed by atoms with Crippen molar-refractivity contribution >= 4 is 6.29 Å². The van der Waals surface area contributed by atoms with Crippen molar-refractivity contribution in [1.82, 2.24) is 9.78 Å². The van der Waals surface area contributed by atoms with E-state index in [0.29, 0.717) is 19.0 Å². The molecule has 0 fully saturated rings. The normalized spacial score (nSPS) is 9.91. The van der Waals surface area contributed by atoms with Crippen molar-refractivity contribution in [2.24, 2.45) is 0 Å². The molecule has 0 N–H and O–H groups in total. The smallest absolute Gasteiger partial charge is 0.168 e. The number of hydrogen-bond donors (Lipinski definition) is 0. The fourth-order valence-electron chi connectivity index (χ4n) is 0.729. The minimum Gasteiger partial charge on any atom is -0.360 e. The maximum absolute atomic E-state index is 10.3. The van der Waals surface area contributed by atoms with Crippen molar-refractivity contribution in [3.05, 3.63) is 18.0 Å². The van der Waals surface area contributed by atoms with Gasteiger partial charge in [-0.2, -0.15) is 5.10 Å². The van der Waals surface area contributed by atoms with Crippen molar-refractivity contribution in [3.8, 4) is 0 Å². The highest BCUT2D eigenvalue weighted by Gasteiger charge is 1.98. The molecular formula is C7H10N2O2. The lowest BCUT2D eigenvalue weighted by atomic mass is 10.5. The van der Waals surface area contributed by atoms with Crippen molar-refractivity contribution < 1.29 is 9.53 Å². The minimum absolute atomic E-state index is 0.345. The van der Waals surface area contributed by atoms with Crippen LogP contribution in [-0.2, 0) is 11.5 Å². The van der Waals surface area contributed by atoms with Crippen LogP contribution in [-0.4, -0.2) is 22.7 Å². The molecule has 1 aromatic heterocycles. The Morgan fingerprint density at radius 3 is 3.27 bits per heavy atom. The number of aromatic nitrogens is 2. The summed E-state index contributed by atoms with van der Waals surface area (Å²) in [7, 11) is 0. The van der Waals surface area contributed by atoms with Crippen LogP contribution in [0.3, 0.4) is 0 Å². The fourth-order valence-corrected chi connectivity index (χ4v) is 0.729. The van der Waals surface area contributed by atoms with Crippen LogP contribution in [0.25, 0.3) is 0 Å². The highest BCUT2D eigenvalue weighted by molar-refractivity contribution is 5.71. The predicted octanol–water partition coefficient (Wildman–Crippen LogP) is 0.690. The highest BCUT2D eigenvalue weighted by Crippen LogP contribution is 1.94. The second kappa shape index (κ2) is 3.88. The monoisotopic (exact) mass is 154 g/mol. The van der Waals surface area contributed by atoms with Gasteiger partial charge in [-0.3, -0.25) is 4.79 Å². The predicted molar refractivity (Wildman–Crippen MR) is 39.2 cm³/mol. The molecule has 1 rings (SSSR count). The van der Waals surface area contributed by atoms with E-state index in [1.807, 2.05) is 6.92 Å². The van der Waals surface area contributed by atoms with E-state index in [-0.39, 0.29) is 0 Å². The number of hydrogen-bond acceptors (Lipinski definition) is 3. The Morgan fingerprint density at radius 1 is 1.82 bits per heavy atom. The van der Waals surface area contributed by atoms with Crippen molar-refractivity contribution in [1.29, 1.82) is 0 Å². The van der Waals surface area contributed by atoms with Gasteiger partial charge in [-0.25, -0.2) is 4.68 Å². The van der Waals surface area contributed by atoms with E-state index in [0.717, 1.165) is 6.29 Å². The molecule has 0 atom stereocenters. The topological polar surface area (TPSA) is 44.1 Å². The van der Waals surface area contributed by atoms with Crippen LogP contribution in [0.1, 0.15) is 17.4 Å². The molecule has 0 radical (unpaired) electrons. The first-order valence-electron chi connectivity index (χ1n) is 3.43. The minimum atomic E-state index is 0.345. The number of nitrogens with zero attached hydrogens (tertiary/aromatic N) is 2. The lowest BCUT2D eigenvalue weighted by Crippen LogP contribution is -2.07. The lowest BCUT2D eigenvalue weighted by Gasteiger charge is -2.01. The number of carbonyl (C=O) groups is 1. The molecule has 0 aliphatic heterocycles. The van der Waals surface area contributed by atoms with Gasteiger partial charge in [-0.1, -0.05) is 0 Å². The van der Waals surface area contributed by atoms with Gasteiger partial charge in [0.2, 0.25) is 0 Å². The summed E-state index contributed by atoms with van der Waals surface area (Å²) in [6.45, 7) is 2.86. The maximum Gasteiger partial charge on any atom is 0.168 e. The van der Waals surface area contributed by atoms with Gasteiger partial charge in [0.1, 0.15) is 12.4 Å². The molecule has 4 heteroatoms. The lowest BCUT2D eigenvalue weighted by molar-refractivity contribution is 0.0759. The number of carbonyl (C=O) groups excluding carboxylic acids is 1.